The van der Waals surface area contributed by atoms with E-state index in [-0.39, 0.29) is 12.3 Å². The first-order valence-corrected chi connectivity index (χ1v) is 6.87. The second-order valence-corrected chi connectivity index (χ2v) is 5.90. The van der Waals surface area contributed by atoms with Crippen molar-refractivity contribution in [3.63, 3.8) is 0 Å². The van der Waals surface area contributed by atoms with Gasteiger partial charge >= 0.3 is 0 Å². The van der Waals surface area contributed by atoms with Crippen LogP contribution in [0.1, 0.15) is 5.56 Å². The van der Waals surface area contributed by atoms with E-state index in [0.29, 0.717) is 6.54 Å². The zero-order chi connectivity index (χ0) is 12.9. The Hall–Kier alpha value is -1.11. The van der Waals surface area contributed by atoms with Gasteiger partial charge in [0, 0.05) is 20.1 Å². The minimum atomic E-state index is -3.25. The maximum absolute atomic E-state index is 11.7. The molecule has 1 aromatic carbocycles. The normalized spacial score (nSPS) is 11.8. The molecule has 17 heavy (non-hydrogen) atoms. The zero-order valence-corrected chi connectivity index (χ0v) is 10.9. The molecule has 0 aliphatic carbocycles. The predicted octanol–water partition coefficient (Wildman–Crippen LogP) is 0.416. The number of benzene rings is 1. The molecule has 0 aliphatic rings. The van der Waals surface area contributed by atoms with Crippen LogP contribution in [-0.4, -0.2) is 39.2 Å². The van der Waals surface area contributed by atoms with Crippen molar-refractivity contribution in [2.24, 2.45) is 5.73 Å². The quantitative estimate of drug-likeness (QED) is 0.802. The summed E-state index contributed by atoms with van der Waals surface area (Å²) in [5.74, 6) is 0.723. The van der Waals surface area contributed by atoms with E-state index in [0.717, 1.165) is 11.3 Å². The highest BCUT2D eigenvalue weighted by atomic mass is 32.2. The number of nitrogens with two attached hydrogens (primary N) is 1. The minimum Gasteiger partial charge on any atom is -0.497 e. The van der Waals surface area contributed by atoms with E-state index in [2.05, 4.69) is 0 Å². The molecule has 0 unspecified atom stereocenters. The number of sulfonamides is 1. The number of nitrogens with zero attached hydrogens (tertiary/aromatic N) is 1. The molecule has 0 bridgehead atoms. The molecule has 0 spiro atoms. The maximum atomic E-state index is 11.7. The number of ether oxygens (including phenoxy) is 1. The van der Waals surface area contributed by atoms with Gasteiger partial charge in [-0.25, -0.2) is 12.7 Å². The fraction of sp³-hybridized carbons (Fsp3) is 0.455. The summed E-state index contributed by atoms with van der Waals surface area (Å²) in [5.41, 5.74) is 6.17. The van der Waals surface area contributed by atoms with Crippen LogP contribution in [0.4, 0.5) is 0 Å². The molecule has 5 nitrogen and oxygen atoms in total. The third-order valence-corrected chi connectivity index (χ3v) is 4.25. The molecule has 2 N–H and O–H groups in total. The molecule has 96 valence electrons. The summed E-state index contributed by atoms with van der Waals surface area (Å²) in [6, 6.07) is 7.29. The van der Waals surface area contributed by atoms with Crippen molar-refractivity contribution in [2.75, 3.05) is 26.5 Å². The smallest absolute Gasteiger partial charge is 0.215 e. The van der Waals surface area contributed by atoms with Crippen LogP contribution in [0, 0.1) is 0 Å². The van der Waals surface area contributed by atoms with Gasteiger partial charge in [-0.15, -0.1) is 0 Å². The van der Waals surface area contributed by atoms with Gasteiger partial charge in [0.2, 0.25) is 10.0 Å². The van der Waals surface area contributed by atoms with E-state index in [1.165, 1.54) is 4.31 Å². The van der Waals surface area contributed by atoms with Gasteiger partial charge in [0.1, 0.15) is 5.75 Å². The Morgan fingerprint density at radius 2 is 1.88 bits per heavy atom. The highest BCUT2D eigenvalue weighted by molar-refractivity contribution is 7.89. The number of rotatable bonds is 6. The van der Waals surface area contributed by atoms with Gasteiger partial charge in [-0.1, -0.05) is 12.1 Å². The van der Waals surface area contributed by atoms with Gasteiger partial charge < -0.3 is 10.5 Å². The first-order valence-electron chi connectivity index (χ1n) is 5.26. The van der Waals surface area contributed by atoms with Gasteiger partial charge in [-0.2, -0.15) is 0 Å². The lowest BCUT2D eigenvalue weighted by molar-refractivity contribution is 0.414. The Bertz CT molecular complexity index is 442. The molecular weight excluding hydrogens is 240 g/mol. The number of hydrogen-bond acceptors (Lipinski definition) is 4. The first kappa shape index (κ1) is 14.0. The van der Waals surface area contributed by atoms with Crippen molar-refractivity contribution >= 4 is 10.0 Å². The van der Waals surface area contributed by atoms with Crippen molar-refractivity contribution in [2.45, 2.75) is 6.54 Å². The average molecular weight is 258 g/mol. The molecule has 0 saturated carbocycles. The Kier molecular flexibility index (Phi) is 4.92. The molecule has 0 saturated heterocycles. The third kappa shape index (κ3) is 3.99. The maximum Gasteiger partial charge on any atom is 0.215 e. The molecule has 0 aromatic heterocycles. The second-order valence-electron chi connectivity index (χ2n) is 3.71. The molecule has 0 amide bonds. The largest absolute Gasteiger partial charge is 0.497 e. The fourth-order valence-corrected chi connectivity index (χ4v) is 2.35. The van der Waals surface area contributed by atoms with Crippen LogP contribution in [0.3, 0.4) is 0 Å². The minimum absolute atomic E-state index is 0.0281. The molecule has 6 heteroatoms. The SMILES string of the molecule is COc1ccc(CN(C)S(=O)(=O)CCN)cc1. The van der Waals surface area contributed by atoms with Gasteiger partial charge in [0.25, 0.3) is 0 Å². The lowest BCUT2D eigenvalue weighted by Crippen LogP contribution is -2.31. The first-order chi connectivity index (χ1) is 7.99. The standard InChI is InChI=1S/C11H18N2O3S/c1-13(17(14,15)8-7-12)9-10-3-5-11(16-2)6-4-10/h3-6H,7-9,12H2,1-2H3. The fourth-order valence-electron chi connectivity index (χ4n) is 1.39. The van der Waals surface area contributed by atoms with Crippen LogP contribution < -0.4 is 10.5 Å². The van der Waals surface area contributed by atoms with Gasteiger partial charge in [-0.3, -0.25) is 0 Å². The molecule has 1 aromatic rings. The molecule has 0 aliphatic heterocycles. The van der Waals surface area contributed by atoms with Crippen molar-refractivity contribution in [3.05, 3.63) is 29.8 Å². The average Bonchev–Trinajstić information content (AvgIpc) is 2.30. The highest BCUT2D eigenvalue weighted by Crippen LogP contribution is 2.13. The highest BCUT2D eigenvalue weighted by Gasteiger charge is 2.16. The molecular formula is C11H18N2O3S. The molecule has 1 rings (SSSR count). The van der Waals surface area contributed by atoms with Gasteiger partial charge in [0.05, 0.1) is 12.9 Å². The zero-order valence-electron chi connectivity index (χ0n) is 10.1. The lowest BCUT2D eigenvalue weighted by Gasteiger charge is -2.16. The summed E-state index contributed by atoms with van der Waals surface area (Å²) < 4.78 is 29.7. The van der Waals surface area contributed by atoms with E-state index < -0.39 is 10.0 Å². The third-order valence-electron chi connectivity index (χ3n) is 2.41. The second kappa shape index (κ2) is 6.00. The lowest BCUT2D eigenvalue weighted by atomic mass is 10.2. The topological polar surface area (TPSA) is 72.6 Å². The van der Waals surface area contributed by atoms with E-state index >= 15 is 0 Å². The Morgan fingerprint density at radius 1 is 1.29 bits per heavy atom. The summed E-state index contributed by atoms with van der Waals surface area (Å²) in [6.45, 7) is 0.474. The van der Waals surface area contributed by atoms with Crippen molar-refractivity contribution in [3.8, 4) is 5.75 Å². The Morgan fingerprint density at radius 3 is 2.35 bits per heavy atom. The number of hydrogen-bond donors (Lipinski definition) is 1. The van der Waals surface area contributed by atoms with Crippen LogP contribution in [-0.2, 0) is 16.6 Å². The van der Waals surface area contributed by atoms with E-state index in [1.54, 1.807) is 26.3 Å². The van der Waals surface area contributed by atoms with E-state index in [4.69, 9.17) is 10.5 Å². The van der Waals surface area contributed by atoms with Gasteiger partial charge in [0.15, 0.2) is 0 Å². The van der Waals surface area contributed by atoms with Crippen molar-refractivity contribution in [1.29, 1.82) is 0 Å². The summed E-state index contributed by atoms with van der Waals surface area (Å²) >= 11 is 0. The van der Waals surface area contributed by atoms with Gasteiger partial charge in [-0.05, 0) is 17.7 Å². The van der Waals surface area contributed by atoms with Crippen LogP contribution in [0.5, 0.6) is 5.75 Å². The number of methoxy groups -OCH3 is 1. The summed E-state index contributed by atoms with van der Waals surface area (Å²) in [7, 11) is -0.106. The van der Waals surface area contributed by atoms with Crippen LogP contribution >= 0.6 is 0 Å². The Labute approximate surface area is 102 Å². The Balaban J connectivity index is 2.70. The van der Waals surface area contributed by atoms with Crippen LogP contribution in [0.2, 0.25) is 0 Å². The van der Waals surface area contributed by atoms with Crippen LogP contribution in [0.25, 0.3) is 0 Å². The monoisotopic (exact) mass is 258 g/mol. The molecule has 0 fully saturated rings. The predicted molar refractivity (Wildman–Crippen MR) is 67.3 cm³/mol. The van der Waals surface area contributed by atoms with Crippen molar-refractivity contribution < 1.29 is 13.2 Å². The summed E-state index contributed by atoms with van der Waals surface area (Å²) in [6.07, 6.45) is 0. The van der Waals surface area contributed by atoms with E-state index in [9.17, 15) is 8.42 Å². The molecule has 0 radical (unpaired) electrons. The molecule has 0 atom stereocenters. The van der Waals surface area contributed by atoms with E-state index in [1.807, 2.05) is 12.1 Å². The van der Waals surface area contributed by atoms with Crippen molar-refractivity contribution in [1.82, 2.24) is 4.31 Å². The summed E-state index contributed by atoms with van der Waals surface area (Å²) in [4.78, 5) is 0. The van der Waals surface area contributed by atoms with Crippen LogP contribution in [0.15, 0.2) is 24.3 Å². The summed E-state index contributed by atoms with van der Waals surface area (Å²) in [5, 5.41) is 0. The molecule has 0 heterocycles.